The Morgan fingerprint density at radius 2 is 1.97 bits per heavy atom. The number of hydrogen-bond acceptors (Lipinski definition) is 4. The van der Waals surface area contributed by atoms with Crippen LogP contribution in [-0.4, -0.2) is 31.7 Å². The average molecular weight is 403 g/mol. The van der Waals surface area contributed by atoms with Crippen LogP contribution in [0.3, 0.4) is 0 Å². The highest BCUT2D eigenvalue weighted by Crippen LogP contribution is 2.34. The number of imidazole rings is 1. The number of aromatic amines is 2. The maximum atomic E-state index is 6.69. The molecule has 5 rings (SSSR count). The van der Waals surface area contributed by atoms with Crippen LogP contribution in [0.2, 0.25) is 5.02 Å². The molecule has 2 aromatic carbocycles. The Hall–Kier alpha value is -3.22. The van der Waals surface area contributed by atoms with Gasteiger partial charge in [-0.1, -0.05) is 36.7 Å². The Labute approximate surface area is 172 Å². The van der Waals surface area contributed by atoms with E-state index >= 15 is 0 Å². The molecule has 6 nitrogen and oxygen atoms in total. The van der Waals surface area contributed by atoms with E-state index in [4.69, 9.17) is 11.6 Å². The predicted octanol–water partition coefficient (Wildman–Crippen LogP) is 4.93. The van der Waals surface area contributed by atoms with E-state index in [1.165, 1.54) is 0 Å². The third kappa shape index (κ3) is 3.16. The summed E-state index contributed by atoms with van der Waals surface area (Å²) in [7, 11) is 0. The van der Waals surface area contributed by atoms with Crippen LogP contribution < -0.4 is 5.32 Å². The number of aromatic nitrogens is 5. The highest BCUT2D eigenvalue weighted by molar-refractivity contribution is 6.34. The van der Waals surface area contributed by atoms with E-state index in [0.717, 1.165) is 56.7 Å². The molecule has 0 saturated carbocycles. The molecule has 0 aliphatic carbocycles. The van der Waals surface area contributed by atoms with E-state index in [1.807, 2.05) is 42.6 Å². The Kier molecular flexibility index (Phi) is 4.50. The van der Waals surface area contributed by atoms with Crippen LogP contribution in [0.5, 0.6) is 0 Å². The van der Waals surface area contributed by atoms with Crippen LogP contribution in [0.15, 0.2) is 54.9 Å². The van der Waals surface area contributed by atoms with Gasteiger partial charge in [0, 0.05) is 35.5 Å². The molecule has 3 aromatic heterocycles. The Morgan fingerprint density at radius 1 is 1.07 bits per heavy atom. The highest BCUT2D eigenvalue weighted by atomic mass is 35.5. The van der Waals surface area contributed by atoms with Crippen molar-refractivity contribution in [1.82, 2.24) is 30.5 Å². The number of benzene rings is 2. The molecule has 0 atom stereocenters. The molecule has 0 unspecified atom stereocenters. The Balaban J connectivity index is 1.62. The monoisotopic (exact) mass is 402 g/mol. The molecule has 0 bridgehead atoms. The fourth-order valence-electron chi connectivity index (χ4n) is 3.50. The second-order valence-corrected chi connectivity index (χ2v) is 7.25. The minimum absolute atomic E-state index is 0.689. The van der Waals surface area contributed by atoms with Gasteiger partial charge in [-0.25, -0.2) is 4.98 Å². The molecule has 7 heteroatoms. The van der Waals surface area contributed by atoms with E-state index in [0.29, 0.717) is 11.6 Å². The van der Waals surface area contributed by atoms with E-state index in [2.05, 4.69) is 43.5 Å². The molecular formula is C22H19ClN6. The second-order valence-electron chi connectivity index (χ2n) is 6.88. The fourth-order valence-corrected chi connectivity index (χ4v) is 3.77. The lowest BCUT2D eigenvalue weighted by Gasteiger charge is -2.10. The first kappa shape index (κ1) is 17.8. The van der Waals surface area contributed by atoms with Crippen LogP contribution in [-0.2, 0) is 6.54 Å². The largest absolute Gasteiger partial charge is 0.337 e. The van der Waals surface area contributed by atoms with Gasteiger partial charge >= 0.3 is 0 Å². The van der Waals surface area contributed by atoms with Crippen LogP contribution in [0.4, 0.5) is 0 Å². The van der Waals surface area contributed by atoms with Gasteiger partial charge in [0.05, 0.1) is 21.6 Å². The summed E-state index contributed by atoms with van der Waals surface area (Å²) in [6.07, 6.45) is 3.62. The molecule has 0 amide bonds. The Morgan fingerprint density at radius 3 is 2.83 bits per heavy atom. The average Bonchev–Trinajstić information content (AvgIpc) is 3.36. The van der Waals surface area contributed by atoms with E-state index < -0.39 is 0 Å². The molecule has 0 aliphatic heterocycles. The van der Waals surface area contributed by atoms with Gasteiger partial charge in [0.1, 0.15) is 5.69 Å². The number of nitrogens with one attached hydrogen (secondary N) is 3. The second kappa shape index (κ2) is 7.31. The molecule has 3 N–H and O–H groups in total. The SMILES string of the molecule is CCNCc1cncc(-c2ccc3[nH]nc(-c4nc5ccccc5[nH]4)c3c2)c1Cl. The molecule has 0 saturated heterocycles. The summed E-state index contributed by atoms with van der Waals surface area (Å²) in [6.45, 7) is 3.63. The first-order chi connectivity index (χ1) is 14.2. The number of rotatable bonds is 5. The van der Waals surface area contributed by atoms with Crippen molar-refractivity contribution in [1.29, 1.82) is 0 Å². The van der Waals surface area contributed by atoms with Crippen LogP contribution >= 0.6 is 11.6 Å². The predicted molar refractivity (Wildman–Crippen MR) is 117 cm³/mol. The standard InChI is InChI=1S/C22H19ClN6/c1-2-24-10-14-11-25-12-16(20(14)23)13-7-8-17-15(9-13)21(29-28-17)22-26-18-5-3-4-6-19(18)27-22/h3-9,11-12,24H,2,10H2,1H3,(H,26,27)(H,28,29). The number of nitrogens with zero attached hydrogens (tertiary/aromatic N) is 3. The topological polar surface area (TPSA) is 82.3 Å². The molecular weight excluding hydrogens is 384 g/mol. The van der Waals surface area contributed by atoms with Crippen molar-refractivity contribution in [2.45, 2.75) is 13.5 Å². The summed E-state index contributed by atoms with van der Waals surface area (Å²) in [4.78, 5) is 12.4. The summed E-state index contributed by atoms with van der Waals surface area (Å²) >= 11 is 6.69. The lowest BCUT2D eigenvalue weighted by atomic mass is 10.0. The van der Waals surface area contributed by atoms with Crippen molar-refractivity contribution in [2.24, 2.45) is 0 Å². The summed E-state index contributed by atoms with van der Waals surface area (Å²) in [6, 6.07) is 14.1. The van der Waals surface area contributed by atoms with Crippen LogP contribution in [0.1, 0.15) is 12.5 Å². The summed E-state index contributed by atoms with van der Waals surface area (Å²) < 4.78 is 0. The first-order valence-electron chi connectivity index (χ1n) is 9.51. The first-order valence-corrected chi connectivity index (χ1v) is 9.89. The minimum Gasteiger partial charge on any atom is -0.337 e. The quantitative estimate of drug-likeness (QED) is 0.389. The van der Waals surface area contributed by atoms with Gasteiger partial charge < -0.3 is 10.3 Å². The third-order valence-electron chi connectivity index (χ3n) is 5.01. The van der Waals surface area contributed by atoms with Gasteiger partial charge in [-0.15, -0.1) is 0 Å². The zero-order valence-corrected chi connectivity index (χ0v) is 16.6. The molecule has 5 aromatic rings. The zero-order chi connectivity index (χ0) is 19.8. The Bertz CT molecular complexity index is 1290. The number of halogens is 1. The summed E-state index contributed by atoms with van der Waals surface area (Å²) in [5.41, 5.74) is 6.50. The smallest absolute Gasteiger partial charge is 0.159 e. The van der Waals surface area contributed by atoms with Crippen molar-refractivity contribution in [3.63, 3.8) is 0 Å². The van der Waals surface area contributed by atoms with Gasteiger partial charge in [0.25, 0.3) is 0 Å². The zero-order valence-electron chi connectivity index (χ0n) is 15.8. The molecule has 3 heterocycles. The third-order valence-corrected chi connectivity index (χ3v) is 5.45. The summed E-state index contributed by atoms with van der Waals surface area (Å²) in [5, 5.41) is 12.6. The van der Waals surface area contributed by atoms with Crippen molar-refractivity contribution in [3.05, 3.63) is 65.4 Å². The molecule has 29 heavy (non-hydrogen) atoms. The fraction of sp³-hybridized carbons (Fsp3) is 0.136. The molecule has 144 valence electrons. The molecule has 0 aliphatic rings. The van der Waals surface area contributed by atoms with E-state index in [-0.39, 0.29) is 0 Å². The van der Waals surface area contributed by atoms with Gasteiger partial charge in [-0.3, -0.25) is 10.1 Å². The van der Waals surface area contributed by atoms with Gasteiger partial charge in [0.15, 0.2) is 5.82 Å². The van der Waals surface area contributed by atoms with Gasteiger partial charge in [-0.2, -0.15) is 5.10 Å². The van der Waals surface area contributed by atoms with E-state index in [1.54, 1.807) is 6.20 Å². The number of para-hydroxylation sites is 2. The maximum absolute atomic E-state index is 6.69. The number of fused-ring (bicyclic) bond motifs is 2. The normalized spacial score (nSPS) is 11.5. The van der Waals surface area contributed by atoms with E-state index in [9.17, 15) is 0 Å². The van der Waals surface area contributed by atoms with Crippen molar-refractivity contribution in [2.75, 3.05) is 6.54 Å². The lowest BCUT2D eigenvalue weighted by molar-refractivity contribution is 0.725. The highest BCUT2D eigenvalue weighted by Gasteiger charge is 2.15. The lowest BCUT2D eigenvalue weighted by Crippen LogP contribution is -2.12. The summed E-state index contributed by atoms with van der Waals surface area (Å²) in [5.74, 6) is 0.736. The van der Waals surface area contributed by atoms with Crippen LogP contribution in [0.25, 0.3) is 44.6 Å². The van der Waals surface area contributed by atoms with Crippen molar-refractivity contribution >= 4 is 33.5 Å². The van der Waals surface area contributed by atoms with Gasteiger partial charge in [0.2, 0.25) is 0 Å². The van der Waals surface area contributed by atoms with Crippen molar-refractivity contribution in [3.8, 4) is 22.6 Å². The molecule has 0 fully saturated rings. The number of H-pyrrole nitrogens is 2. The maximum Gasteiger partial charge on any atom is 0.159 e. The van der Waals surface area contributed by atoms with Crippen LogP contribution in [0, 0.1) is 0 Å². The minimum atomic E-state index is 0.689. The number of hydrogen-bond donors (Lipinski definition) is 3. The number of pyridine rings is 1. The molecule has 0 spiro atoms. The molecule has 0 radical (unpaired) electrons. The van der Waals surface area contributed by atoms with Gasteiger partial charge in [-0.05, 0) is 36.4 Å². The van der Waals surface area contributed by atoms with Crippen molar-refractivity contribution < 1.29 is 0 Å².